The van der Waals surface area contributed by atoms with E-state index < -0.39 is 28.5 Å². The first kappa shape index (κ1) is 30.9. The van der Waals surface area contributed by atoms with E-state index in [4.69, 9.17) is 0 Å². The van der Waals surface area contributed by atoms with Gasteiger partial charge in [0.2, 0.25) is 11.8 Å². The van der Waals surface area contributed by atoms with Crippen LogP contribution in [0.1, 0.15) is 57.2 Å². The second-order valence-corrected chi connectivity index (χ2v) is 11.9. The lowest BCUT2D eigenvalue weighted by Gasteiger charge is -2.34. The normalized spacial score (nSPS) is 12.8. The molecule has 0 spiro atoms. The van der Waals surface area contributed by atoms with Crippen molar-refractivity contribution in [3.05, 3.63) is 95.6 Å². The molecule has 0 unspecified atom stereocenters. The van der Waals surface area contributed by atoms with Crippen molar-refractivity contribution < 1.29 is 18.0 Å². The van der Waals surface area contributed by atoms with Gasteiger partial charge in [-0.3, -0.25) is 13.9 Å². The molecule has 3 aromatic carbocycles. The standard InChI is InChI=1S/C32H41N3O4S/c1-6-25(5)33-32(37)29(8-3)34(22-26-16-14-15-24(4)21-26)31(36)23-35(30-20-13-12-17-27(30)7-2)40(38,39)28-18-10-9-11-19-28/h9-21,25,29H,6-8,22-23H2,1-5H3,(H,33,37)/t25-,29+/m0/s1. The van der Waals surface area contributed by atoms with Crippen LogP contribution in [-0.4, -0.2) is 43.8 Å². The largest absolute Gasteiger partial charge is 0.352 e. The molecule has 0 radical (unpaired) electrons. The maximum atomic E-state index is 14.2. The van der Waals surface area contributed by atoms with Gasteiger partial charge >= 0.3 is 0 Å². The Morgan fingerprint density at radius 2 is 1.55 bits per heavy atom. The van der Waals surface area contributed by atoms with Crippen molar-refractivity contribution in [2.45, 2.75) is 77.4 Å². The molecule has 40 heavy (non-hydrogen) atoms. The van der Waals surface area contributed by atoms with E-state index in [1.165, 1.54) is 21.3 Å². The molecule has 0 aliphatic rings. The van der Waals surface area contributed by atoms with Gasteiger partial charge < -0.3 is 10.2 Å². The third-order valence-electron chi connectivity index (χ3n) is 7.07. The lowest BCUT2D eigenvalue weighted by Crippen LogP contribution is -2.53. The molecule has 0 heterocycles. The van der Waals surface area contributed by atoms with Crippen LogP contribution in [0.4, 0.5) is 5.69 Å². The second-order valence-electron chi connectivity index (χ2n) is 10.1. The third kappa shape index (κ3) is 7.50. The fourth-order valence-electron chi connectivity index (χ4n) is 4.65. The Labute approximate surface area is 239 Å². The zero-order valence-electron chi connectivity index (χ0n) is 24.1. The Balaban J connectivity index is 2.09. The van der Waals surface area contributed by atoms with Gasteiger partial charge in [0.05, 0.1) is 10.6 Å². The number of benzene rings is 3. The van der Waals surface area contributed by atoms with Crippen LogP contribution in [0.3, 0.4) is 0 Å². The molecule has 0 saturated heterocycles. The highest BCUT2D eigenvalue weighted by molar-refractivity contribution is 7.92. The average molecular weight is 564 g/mol. The molecule has 0 bridgehead atoms. The Morgan fingerprint density at radius 3 is 2.17 bits per heavy atom. The molecule has 3 aromatic rings. The van der Waals surface area contributed by atoms with Crippen molar-refractivity contribution in [3.63, 3.8) is 0 Å². The number of amides is 2. The fourth-order valence-corrected chi connectivity index (χ4v) is 6.13. The predicted molar refractivity (Wildman–Crippen MR) is 160 cm³/mol. The molecule has 0 aliphatic carbocycles. The van der Waals surface area contributed by atoms with Crippen LogP contribution >= 0.6 is 0 Å². The van der Waals surface area contributed by atoms with E-state index >= 15 is 0 Å². The first-order valence-corrected chi connectivity index (χ1v) is 15.4. The number of carbonyl (C=O) groups excluding carboxylic acids is 2. The molecule has 2 amide bonds. The van der Waals surface area contributed by atoms with E-state index in [0.717, 1.165) is 23.1 Å². The summed E-state index contributed by atoms with van der Waals surface area (Å²) in [4.78, 5) is 29.2. The number of hydrogen-bond donors (Lipinski definition) is 1. The molecule has 214 valence electrons. The number of sulfonamides is 1. The highest BCUT2D eigenvalue weighted by Crippen LogP contribution is 2.28. The highest BCUT2D eigenvalue weighted by atomic mass is 32.2. The third-order valence-corrected chi connectivity index (χ3v) is 8.85. The number of aryl methyl sites for hydroxylation is 2. The minimum Gasteiger partial charge on any atom is -0.352 e. The summed E-state index contributed by atoms with van der Waals surface area (Å²) >= 11 is 0. The van der Waals surface area contributed by atoms with Gasteiger partial charge in [-0.25, -0.2) is 8.42 Å². The number of rotatable bonds is 13. The summed E-state index contributed by atoms with van der Waals surface area (Å²) in [6.07, 6.45) is 1.73. The Bertz CT molecular complexity index is 1390. The molecule has 0 saturated carbocycles. The van der Waals surface area contributed by atoms with Gasteiger partial charge in [0.1, 0.15) is 12.6 Å². The Morgan fingerprint density at radius 1 is 0.875 bits per heavy atom. The summed E-state index contributed by atoms with van der Waals surface area (Å²) in [6, 6.07) is 22.3. The summed E-state index contributed by atoms with van der Waals surface area (Å²) in [5, 5.41) is 3.01. The van der Waals surface area contributed by atoms with Gasteiger partial charge in [-0.2, -0.15) is 0 Å². The van der Waals surface area contributed by atoms with Crippen LogP contribution in [0.2, 0.25) is 0 Å². The molecule has 2 atom stereocenters. The highest BCUT2D eigenvalue weighted by Gasteiger charge is 2.34. The average Bonchev–Trinajstić information content (AvgIpc) is 2.96. The first-order chi connectivity index (χ1) is 19.1. The lowest BCUT2D eigenvalue weighted by molar-refractivity contribution is -0.140. The number of hydrogen-bond acceptors (Lipinski definition) is 4. The zero-order chi connectivity index (χ0) is 29.3. The van der Waals surface area contributed by atoms with Gasteiger partial charge in [0, 0.05) is 12.6 Å². The van der Waals surface area contributed by atoms with Gasteiger partial charge in [-0.1, -0.05) is 87.0 Å². The Hall–Kier alpha value is -3.65. The summed E-state index contributed by atoms with van der Waals surface area (Å²) < 4.78 is 29.2. The molecule has 0 aliphatic heterocycles. The molecule has 0 aromatic heterocycles. The van der Waals surface area contributed by atoms with Gasteiger partial charge in [0.25, 0.3) is 10.0 Å². The number of nitrogens with zero attached hydrogens (tertiary/aromatic N) is 2. The summed E-state index contributed by atoms with van der Waals surface area (Å²) in [5.41, 5.74) is 3.16. The van der Waals surface area contributed by atoms with Crippen LogP contribution in [0.15, 0.2) is 83.8 Å². The van der Waals surface area contributed by atoms with E-state index in [0.29, 0.717) is 18.5 Å². The van der Waals surface area contributed by atoms with Crippen molar-refractivity contribution >= 4 is 27.5 Å². The maximum absolute atomic E-state index is 14.2. The monoisotopic (exact) mass is 563 g/mol. The fraction of sp³-hybridized carbons (Fsp3) is 0.375. The van der Waals surface area contributed by atoms with Crippen LogP contribution in [-0.2, 0) is 32.6 Å². The second kappa shape index (κ2) is 14.1. The zero-order valence-corrected chi connectivity index (χ0v) is 24.9. The molecule has 0 fully saturated rings. The number of carbonyl (C=O) groups is 2. The van der Waals surface area contributed by atoms with Crippen LogP contribution < -0.4 is 9.62 Å². The number of para-hydroxylation sites is 1. The molecule has 1 N–H and O–H groups in total. The van der Waals surface area contributed by atoms with Crippen molar-refractivity contribution in [3.8, 4) is 0 Å². The van der Waals surface area contributed by atoms with Crippen LogP contribution in [0.5, 0.6) is 0 Å². The minimum absolute atomic E-state index is 0.0520. The predicted octanol–water partition coefficient (Wildman–Crippen LogP) is 5.47. The smallest absolute Gasteiger partial charge is 0.264 e. The number of anilines is 1. The van der Waals surface area contributed by atoms with Crippen molar-refractivity contribution in [1.82, 2.24) is 10.2 Å². The molecular weight excluding hydrogens is 522 g/mol. The topological polar surface area (TPSA) is 86.8 Å². The van der Waals surface area contributed by atoms with E-state index in [2.05, 4.69) is 5.32 Å². The van der Waals surface area contributed by atoms with E-state index in [9.17, 15) is 18.0 Å². The molecule has 8 heteroatoms. The Kier molecular flexibility index (Phi) is 10.9. The van der Waals surface area contributed by atoms with Crippen LogP contribution in [0, 0.1) is 6.92 Å². The van der Waals surface area contributed by atoms with Crippen molar-refractivity contribution in [2.24, 2.45) is 0 Å². The first-order valence-electron chi connectivity index (χ1n) is 13.9. The maximum Gasteiger partial charge on any atom is 0.264 e. The SMILES string of the molecule is CCc1ccccc1N(CC(=O)N(Cc1cccc(C)c1)[C@H](CC)C(=O)N[C@@H](C)CC)S(=O)(=O)c1ccccc1. The molecule has 7 nitrogen and oxygen atoms in total. The van der Waals surface area contributed by atoms with E-state index in [1.807, 2.05) is 71.0 Å². The lowest BCUT2D eigenvalue weighted by atomic mass is 10.1. The van der Waals surface area contributed by atoms with Crippen molar-refractivity contribution in [2.75, 3.05) is 10.8 Å². The van der Waals surface area contributed by atoms with E-state index in [-0.39, 0.29) is 23.4 Å². The van der Waals surface area contributed by atoms with Gasteiger partial charge in [-0.15, -0.1) is 0 Å². The van der Waals surface area contributed by atoms with Crippen molar-refractivity contribution in [1.29, 1.82) is 0 Å². The minimum atomic E-state index is -4.09. The van der Waals surface area contributed by atoms with Gasteiger partial charge in [0.15, 0.2) is 0 Å². The molecule has 3 rings (SSSR count). The summed E-state index contributed by atoms with van der Waals surface area (Å²) in [7, 11) is -4.09. The van der Waals surface area contributed by atoms with Crippen LogP contribution in [0.25, 0.3) is 0 Å². The number of nitrogens with one attached hydrogen (secondary N) is 1. The quantitative estimate of drug-likeness (QED) is 0.299. The summed E-state index contributed by atoms with van der Waals surface area (Å²) in [6.45, 7) is 9.44. The summed E-state index contributed by atoms with van der Waals surface area (Å²) in [5.74, 6) is -0.692. The van der Waals surface area contributed by atoms with E-state index in [1.54, 1.807) is 30.3 Å². The molecular formula is C32H41N3O4S. The van der Waals surface area contributed by atoms with Gasteiger partial charge in [-0.05, 0) is 62.4 Å².